The van der Waals surface area contributed by atoms with Crippen LogP contribution in [0.2, 0.25) is 5.02 Å². The van der Waals surface area contributed by atoms with Gasteiger partial charge in [0.15, 0.2) is 11.0 Å². The molecule has 0 fully saturated rings. The lowest BCUT2D eigenvalue weighted by Gasteiger charge is -2.17. The summed E-state index contributed by atoms with van der Waals surface area (Å²) in [5, 5.41) is 22.5. The van der Waals surface area contributed by atoms with E-state index in [1.807, 2.05) is 0 Å². The first kappa shape index (κ1) is 15.0. The van der Waals surface area contributed by atoms with Gasteiger partial charge in [0, 0.05) is 23.8 Å². The molecular formula is C14H9ClN4O4. The average molecular weight is 333 g/mol. The molecule has 1 heterocycles. The molecule has 1 aliphatic rings. The molecule has 1 atom stereocenters. The minimum absolute atomic E-state index is 0.0584. The van der Waals surface area contributed by atoms with E-state index >= 15 is 0 Å². The molecule has 0 N–H and O–H groups in total. The van der Waals surface area contributed by atoms with Crippen molar-refractivity contribution in [1.82, 2.24) is 0 Å². The first-order valence-corrected chi connectivity index (χ1v) is 6.87. The lowest BCUT2D eigenvalue weighted by Crippen LogP contribution is -2.25. The Balaban J connectivity index is 2.19. The molecule has 0 radical (unpaired) electrons. The maximum atomic E-state index is 11.1. The molecule has 116 valence electrons. The molecule has 1 unspecified atom stereocenters. The molecule has 0 bridgehead atoms. The summed E-state index contributed by atoms with van der Waals surface area (Å²) in [6, 6.07) is 8.41. The van der Waals surface area contributed by atoms with Crippen molar-refractivity contribution < 1.29 is 9.85 Å². The zero-order valence-electron chi connectivity index (χ0n) is 11.8. The summed E-state index contributed by atoms with van der Waals surface area (Å²) in [4.78, 5) is 29.5. The summed E-state index contributed by atoms with van der Waals surface area (Å²) in [6.07, 6.45) is 0. The average Bonchev–Trinajstić information content (AvgIpc) is 2.87. The van der Waals surface area contributed by atoms with E-state index in [0.29, 0.717) is 5.56 Å². The Hall–Kier alpha value is -2.87. The third kappa shape index (κ3) is 2.42. The van der Waals surface area contributed by atoms with E-state index in [0.717, 1.165) is 0 Å². The standard InChI is InChI=1S/C14H9ClN4O4/c1-14(8-2-4-9(5-3-8)18(20)21)16-12-10(15)6-7-11(19(22)23)13(12)17-14/h2-7H,1H3. The van der Waals surface area contributed by atoms with E-state index in [4.69, 9.17) is 11.6 Å². The smallest absolute Gasteiger partial charge is 0.258 e. The number of halogens is 1. The van der Waals surface area contributed by atoms with Gasteiger partial charge in [0.2, 0.25) is 0 Å². The quantitative estimate of drug-likeness (QED) is 0.634. The molecule has 2 aromatic carbocycles. The van der Waals surface area contributed by atoms with E-state index < -0.39 is 15.5 Å². The van der Waals surface area contributed by atoms with Gasteiger partial charge in [-0.1, -0.05) is 11.6 Å². The number of rotatable bonds is 3. The van der Waals surface area contributed by atoms with Crippen LogP contribution < -0.4 is 10.7 Å². The largest absolute Gasteiger partial charge is 0.296 e. The maximum Gasteiger partial charge on any atom is 0.296 e. The van der Waals surface area contributed by atoms with E-state index in [1.165, 1.54) is 36.4 Å². The van der Waals surface area contributed by atoms with Crippen molar-refractivity contribution >= 4 is 23.0 Å². The molecule has 0 spiro atoms. The fourth-order valence-corrected chi connectivity index (χ4v) is 2.59. The number of hydrogen-bond acceptors (Lipinski definition) is 6. The van der Waals surface area contributed by atoms with Crippen molar-refractivity contribution in [2.24, 2.45) is 9.98 Å². The predicted molar refractivity (Wildman–Crippen MR) is 80.9 cm³/mol. The molecule has 23 heavy (non-hydrogen) atoms. The second-order valence-corrected chi connectivity index (χ2v) is 5.48. The number of nitro groups is 2. The van der Waals surface area contributed by atoms with Crippen LogP contribution in [0.4, 0.5) is 11.4 Å². The summed E-state index contributed by atoms with van der Waals surface area (Å²) < 4.78 is 0. The van der Waals surface area contributed by atoms with Gasteiger partial charge in [0.25, 0.3) is 11.4 Å². The van der Waals surface area contributed by atoms with Crippen molar-refractivity contribution in [3.05, 3.63) is 77.9 Å². The summed E-state index contributed by atoms with van der Waals surface area (Å²) >= 11 is 6.06. The van der Waals surface area contributed by atoms with Crippen LogP contribution in [-0.2, 0) is 5.66 Å². The van der Waals surface area contributed by atoms with Crippen LogP contribution in [-0.4, -0.2) is 9.85 Å². The van der Waals surface area contributed by atoms with Crippen LogP contribution in [0, 0.1) is 20.2 Å². The van der Waals surface area contributed by atoms with Gasteiger partial charge >= 0.3 is 0 Å². The first-order valence-electron chi connectivity index (χ1n) is 6.49. The molecule has 3 rings (SSSR count). The Morgan fingerprint density at radius 3 is 2.13 bits per heavy atom. The molecule has 1 aliphatic heterocycles. The SMILES string of the molecule is CC1(c2ccc([N+](=O)[O-])cc2)N=c2c(Cl)ccc([N+](=O)[O-])c2=N1. The summed E-state index contributed by atoms with van der Waals surface area (Å²) in [7, 11) is 0. The molecule has 9 heteroatoms. The van der Waals surface area contributed by atoms with Crippen molar-refractivity contribution in [2.45, 2.75) is 12.6 Å². The fourth-order valence-electron chi connectivity index (χ4n) is 2.40. The Bertz CT molecular complexity index is 958. The summed E-state index contributed by atoms with van der Waals surface area (Å²) in [5.41, 5.74) is -0.784. The minimum Gasteiger partial charge on any atom is -0.258 e. The third-order valence-corrected chi connectivity index (χ3v) is 3.87. The van der Waals surface area contributed by atoms with Gasteiger partial charge in [0.05, 0.1) is 14.9 Å². The van der Waals surface area contributed by atoms with E-state index in [2.05, 4.69) is 9.98 Å². The number of nitrogens with zero attached hydrogens (tertiary/aromatic N) is 4. The van der Waals surface area contributed by atoms with Crippen LogP contribution in [0.3, 0.4) is 0 Å². The van der Waals surface area contributed by atoms with Crippen molar-refractivity contribution in [3.8, 4) is 0 Å². The lowest BCUT2D eigenvalue weighted by molar-refractivity contribution is -0.386. The predicted octanol–water partition coefficient (Wildman–Crippen LogP) is 2.28. The maximum absolute atomic E-state index is 11.1. The van der Waals surface area contributed by atoms with Gasteiger partial charge in [-0.15, -0.1) is 0 Å². The molecular weight excluding hydrogens is 324 g/mol. The minimum atomic E-state index is -1.12. The third-order valence-electron chi connectivity index (χ3n) is 3.56. The summed E-state index contributed by atoms with van der Waals surface area (Å²) in [5.74, 6) is 0. The molecule has 0 aromatic heterocycles. The Labute approximate surface area is 134 Å². The van der Waals surface area contributed by atoms with Crippen molar-refractivity contribution in [2.75, 3.05) is 0 Å². The Morgan fingerprint density at radius 2 is 1.57 bits per heavy atom. The zero-order chi connectivity index (χ0) is 16.8. The van der Waals surface area contributed by atoms with Gasteiger partial charge in [-0.25, -0.2) is 9.98 Å². The van der Waals surface area contributed by atoms with Crippen LogP contribution >= 0.6 is 11.6 Å². The van der Waals surface area contributed by atoms with Gasteiger partial charge in [0.1, 0.15) is 5.36 Å². The van der Waals surface area contributed by atoms with Crippen molar-refractivity contribution in [1.29, 1.82) is 0 Å². The van der Waals surface area contributed by atoms with Gasteiger partial charge < -0.3 is 0 Å². The highest BCUT2D eigenvalue weighted by atomic mass is 35.5. The van der Waals surface area contributed by atoms with Crippen LogP contribution in [0.25, 0.3) is 0 Å². The molecule has 0 aliphatic carbocycles. The number of fused-ring (bicyclic) bond motifs is 1. The number of nitro benzene ring substituents is 2. The van der Waals surface area contributed by atoms with Crippen molar-refractivity contribution in [3.63, 3.8) is 0 Å². The van der Waals surface area contributed by atoms with E-state index in [9.17, 15) is 20.2 Å². The van der Waals surface area contributed by atoms with Gasteiger partial charge in [-0.05, 0) is 25.1 Å². The van der Waals surface area contributed by atoms with Gasteiger partial charge in [-0.2, -0.15) is 0 Å². The van der Waals surface area contributed by atoms with Crippen LogP contribution in [0.5, 0.6) is 0 Å². The molecule has 8 nitrogen and oxygen atoms in total. The number of non-ortho nitro benzene ring substituents is 2. The second kappa shape index (κ2) is 5.10. The zero-order valence-corrected chi connectivity index (χ0v) is 12.5. The highest BCUT2D eigenvalue weighted by Gasteiger charge is 2.31. The number of benzene rings is 2. The second-order valence-electron chi connectivity index (χ2n) is 5.07. The monoisotopic (exact) mass is 332 g/mol. The molecule has 2 aromatic rings. The molecule has 0 amide bonds. The summed E-state index contributed by atoms with van der Waals surface area (Å²) in [6.45, 7) is 1.66. The molecule has 0 saturated carbocycles. The number of hydrogen-bond donors (Lipinski definition) is 0. The highest BCUT2D eigenvalue weighted by Crippen LogP contribution is 2.30. The fraction of sp³-hybridized carbons (Fsp3) is 0.143. The van der Waals surface area contributed by atoms with E-state index in [-0.39, 0.29) is 27.1 Å². The Kier molecular flexibility index (Phi) is 3.33. The topological polar surface area (TPSA) is 111 Å². The highest BCUT2D eigenvalue weighted by molar-refractivity contribution is 6.30. The lowest BCUT2D eigenvalue weighted by atomic mass is 10.0. The van der Waals surface area contributed by atoms with E-state index in [1.54, 1.807) is 6.92 Å². The normalized spacial score (nSPS) is 18.7. The Morgan fingerprint density at radius 1 is 0.957 bits per heavy atom. The van der Waals surface area contributed by atoms with Crippen LogP contribution in [0.1, 0.15) is 12.5 Å². The molecule has 0 saturated heterocycles. The first-order chi connectivity index (χ1) is 10.8. The van der Waals surface area contributed by atoms with Crippen LogP contribution in [0.15, 0.2) is 46.4 Å². The van der Waals surface area contributed by atoms with Gasteiger partial charge in [-0.3, -0.25) is 20.2 Å².